The first-order valence-electron chi connectivity index (χ1n) is 8.86. The second-order valence-electron chi connectivity index (χ2n) is 6.57. The van der Waals surface area contributed by atoms with Gasteiger partial charge in [-0.1, -0.05) is 15.5 Å². The van der Waals surface area contributed by atoms with E-state index in [1.54, 1.807) is 0 Å². The molecule has 0 saturated carbocycles. The third kappa shape index (κ3) is 4.94. The lowest BCUT2D eigenvalue weighted by Crippen LogP contribution is -2.40. The van der Waals surface area contributed by atoms with Crippen molar-refractivity contribution in [2.75, 3.05) is 6.61 Å². The molecule has 0 unspecified atom stereocenters. The van der Waals surface area contributed by atoms with E-state index in [1.807, 2.05) is 0 Å². The van der Waals surface area contributed by atoms with Crippen LogP contribution in [0.1, 0.15) is 27.0 Å². The van der Waals surface area contributed by atoms with Gasteiger partial charge < -0.3 is 18.9 Å². The zero-order valence-electron chi connectivity index (χ0n) is 16.7. The topological polar surface area (TPSA) is 166 Å². The lowest BCUT2D eigenvalue weighted by Gasteiger charge is -2.23. The summed E-state index contributed by atoms with van der Waals surface area (Å²) in [6.45, 7) is 2.99. The minimum absolute atomic E-state index is 0.100. The fourth-order valence-electron chi connectivity index (χ4n) is 3.08. The smallest absolute Gasteiger partial charge is 0.368 e. The number of fused-ring (bicyclic) bond motifs is 1. The molecule has 3 heterocycles. The van der Waals surface area contributed by atoms with Gasteiger partial charge in [0.15, 0.2) is 29.2 Å². The van der Waals surface area contributed by atoms with Crippen molar-refractivity contribution < 1.29 is 45.6 Å². The molecule has 2 aromatic rings. The van der Waals surface area contributed by atoms with Gasteiger partial charge in [-0.2, -0.15) is 13.4 Å². The summed E-state index contributed by atoms with van der Waals surface area (Å²) < 4.78 is 58.4. The first kappa shape index (κ1) is 23.7. The van der Waals surface area contributed by atoms with Crippen molar-refractivity contribution in [1.82, 2.24) is 19.5 Å². The molecule has 1 aliphatic heterocycles. The van der Waals surface area contributed by atoms with Crippen LogP contribution in [0.25, 0.3) is 11.2 Å². The van der Waals surface area contributed by atoms with Gasteiger partial charge in [0.2, 0.25) is 0 Å². The maximum Gasteiger partial charge on any atom is 0.368 e. The molecule has 0 N–H and O–H groups in total. The molecule has 16 heteroatoms. The van der Waals surface area contributed by atoms with E-state index < -0.39 is 63.0 Å². The van der Waals surface area contributed by atoms with Crippen LogP contribution in [0.15, 0.2) is 11.5 Å². The number of aromatic nitrogens is 4. The molecule has 2 aromatic heterocycles. The number of carbonyl (C=O) groups excluding carboxylic acids is 3. The Kier molecular flexibility index (Phi) is 6.61. The van der Waals surface area contributed by atoms with Crippen molar-refractivity contribution in [3.05, 3.63) is 11.5 Å². The van der Waals surface area contributed by atoms with Gasteiger partial charge in [0.1, 0.15) is 18.2 Å². The van der Waals surface area contributed by atoms with Crippen LogP contribution in [-0.4, -0.2) is 70.8 Å². The van der Waals surface area contributed by atoms with Gasteiger partial charge in [0.05, 0.1) is 6.33 Å². The SMILES string of the molecule is CC(=O)OC[C@H]1O[C@@H](n2cnc3c(Cl)nc(S(=O)(=O)F)nc32)[C@H](OC(C)=O)[C@@H]1OC(C)=O. The average Bonchev–Trinajstić information content (AvgIpc) is 3.21. The third-order valence-corrected chi connectivity index (χ3v) is 5.07. The van der Waals surface area contributed by atoms with Crippen LogP contribution in [0.2, 0.25) is 5.15 Å². The second kappa shape index (κ2) is 8.91. The Morgan fingerprint density at radius 1 is 1.12 bits per heavy atom. The highest BCUT2D eigenvalue weighted by Crippen LogP contribution is 2.36. The largest absolute Gasteiger partial charge is 0.463 e. The Bertz CT molecular complexity index is 1190. The number of halogens is 2. The number of hydrogen-bond donors (Lipinski definition) is 0. The van der Waals surface area contributed by atoms with Crippen LogP contribution in [0.3, 0.4) is 0 Å². The van der Waals surface area contributed by atoms with Gasteiger partial charge >= 0.3 is 28.1 Å². The minimum atomic E-state index is -5.32. The predicted molar refractivity (Wildman–Crippen MR) is 100 cm³/mol. The maximum absolute atomic E-state index is 13.5. The Labute approximate surface area is 185 Å². The van der Waals surface area contributed by atoms with Gasteiger partial charge in [-0.15, -0.1) is 0 Å². The van der Waals surface area contributed by atoms with Crippen molar-refractivity contribution in [2.45, 2.75) is 50.5 Å². The molecule has 13 nitrogen and oxygen atoms in total. The summed E-state index contributed by atoms with van der Waals surface area (Å²) >= 11 is 5.91. The zero-order chi connectivity index (χ0) is 23.8. The minimum Gasteiger partial charge on any atom is -0.463 e. The van der Waals surface area contributed by atoms with Gasteiger partial charge in [0, 0.05) is 20.8 Å². The second-order valence-corrected chi connectivity index (χ2v) is 8.17. The number of hydrogen-bond acceptors (Lipinski definition) is 12. The molecule has 0 aromatic carbocycles. The van der Waals surface area contributed by atoms with Crippen LogP contribution < -0.4 is 0 Å². The van der Waals surface area contributed by atoms with Crippen LogP contribution in [0.5, 0.6) is 0 Å². The Balaban J connectivity index is 2.11. The van der Waals surface area contributed by atoms with Crippen molar-refractivity contribution in [1.29, 1.82) is 0 Å². The molecule has 1 aliphatic rings. The molecule has 0 radical (unpaired) electrons. The van der Waals surface area contributed by atoms with Crippen LogP contribution in [-0.2, 0) is 43.6 Å². The van der Waals surface area contributed by atoms with Crippen LogP contribution in [0.4, 0.5) is 3.89 Å². The summed E-state index contributed by atoms with van der Waals surface area (Å²) in [6.07, 6.45) is -3.79. The van der Waals surface area contributed by atoms with Crippen LogP contribution >= 0.6 is 11.6 Å². The fourth-order valence-corrected chi connectivity index (χ4v) is 3.73. The number of ether oxygens (including phenoxy) is 4. The van der Waals surface area contributed by atoms with E-state index in [0.717, 1.165) is 31.7 Å². The molecular weight excluding hydrogens is 479 g/mol. The van der Waals surface area contributed by atoms with E-state index in [9.17, 15) is 26.7 Å². The highest BCUT2D eigenvalue weighted by atomic mass is 35.5. The standard InChI is InChI=1S/C16H16ClFN4O9S/c1-6(23)28-4-9-11(29-7(2)24)12(30-8(3)25)15(31-9)22-5-19-10-13(17)20-16(21-14(10)22)32(18,26)27/h5,9,11-12,15H,4H2,1-3H3/t9-,11-,12-,15-/m1/s1. The first-order chi connectivity index (χ1) is 14.9. The lowest BCUT2D eigenvalue weighted by atomic mass is 10.1. The van der Waals surface area contributed by atoms with Gasteiger partial charge in [-0.05, 0) is 0 Å². The Hall–Kier alpha value is -2.91. The van der Waals surface area contributed by atoms with Gasteiger partial charge in [-0.3, -0.25) is 19.0 Å². The van der Waals surface area contributed by atoms with Crippen molar-refractivity contribution >= 4 is 50.9 Å². The predicted octanol–water partition coefficient (Wildman–Crippen LogP) is 0.462. The molecule has 0 aliphatic carbocycles. The molecule has 3 rings (SSSR count). The number of carbonyl (C=O) groups is 3. The van der Waals surface area contributed by atoms with E-state index in [4.69, 9.17) is 30.5 Å². The maximum atomic E-state index is 13.5. The quantitative estimate of drug-likeness (QED) is 0.179. The summed E-state index contributed by atoms with van der Waals surface area (Å²) in [7, 11) is -5.32. The molecule has 174 valence electrons. The number of imidazole rings is 1. The summed E-state index contributed by atoms with van der Waals surface area (Å²) in [5.74, 6) is -2.15. The van der Waals surface area contributed by atoms with E-state index in [-0.39, 0.29) is 17.8 Å². The van der Waals surface area contributed by atoms with Crippen molar-refractivity contribution in [2.24, 2.45) is 0 Å². The normalized spacial score (nSPS) is 23.2. The molecule has 1 fully saturated rings. The zero-order valence-corrected chi connectivity index (χ0v) is 18.3. The summed E-state index contributed by atoms with van der Waals surface area (Å²) in [5, 5.41) is -1.67. The van der Waals surface area contributed by atoms with E-state index in [1.165, 1.54) is 0 Å². The van der Waals surface area contributed by atoms with Crippen molar-refractivity contribution in [3.8, 4) is 0 Å². The van der Waals surface area contributed by atoms with Crippen LogP contribution in [0, 0.1) is 0 Å². The molecular formula is C16H16ClFN4O9S. The molecule has 32 heavy (non-hydrogen) atoms. The third-order valence-electron chi connectivity index (χ3n) is 4.19. The molecule has 0 bridgehead atoms. The van der Waals surface area contributed by atoms with Crippen molar-refractivity contribution in [3.63, 3.8) is 0 Å². The summed E-state index contributed by atoms with van der Waals surface area (Å²) in [6, 6.07) is 0. The van der Waals surface area contributed by atoms with Gasteiger partial charge in [0.25, 0.3) is 5.16 Å². The number of rotatable bonds is 6. The Morgan fingerprint density at radius 3 is 2.31 bits per heavy atom. The van der Waals surface area contributed by atoms with E-state index >= 15 is 0 Å². The fraction of sp³-hybridized carbons (Fsp3) is 0.500. The number of esters is 3. The van der Waals surface area contributed by atoms with E-state index in [2.05, 4.69) is 15.0 Å². The Morgan fingerprint density at radius 2 is 1.75 bits per heavy atom. The lowest BCUT2D eigenvalue weighted by molar-refractivity contribution is -0.166. The summed E-state index contributed by atoms with van der Waals surface area (Å²) in [4.78, 5) is 45.5. The monoisotopic (exact) mass is 494 g/mol. The van der Waals surface area contributed by atoms with Gasteiger partial charge in [-0.25, -0.2) is 9.97 Å². The molecule has 1 saturated heterocycles. The van der Waals surface area contributed by atoms with E-state index in [0.29, 0.717) is 0 Å². The average molecular weight is 495 g/mol. The molecule has 0 spiro atoms. The highest BCUT2D eigenvalue weighted by molar-refractivity contribution is 7.86. The molecule has 4 atom stereocenters. The highest BCUT2D eigenvalue weighted by Gasteiger charge is 2.51. The molecule has 0 amide bonds. The summed E-state index contributed by atoms with van der Waals surface area (Å²) in [5.41, 5.74) is -0.366. The first-order valence-corrected chi connectivity index (χ1v) is 10.6. The number of nitrogens with zero attached hydrogens (tertiary/aromatic N) is 4.